The molecule has 1 saturated heterocycles. The highest BCUT2D eigenvalue weighted by Crippen LogP contribution is 2.33. The van der Waals surface area contributed by atoms with Gasteiger partial charge in [0, 0.05) is 24.2 Å². The highest BCUT2D eigenvalue weighted by Gasteiger charge is 2.47. The number of aliphatic hydroxyl groups is 2. The first-order valence-electron chi connectivity index (χ1n) is 14.9. The number of carbonyl (C=O) groups excluding carboxylic acids is 1. The molecule has 12 nitrogen and oxygen atoms in total. The van der Waals surface area contributed by atoms with E-state index in [2.05, 4.69) is 65.5 Å². The Morgan fingerprint density at radius 1 is 1.05 bits per heavy atom. The van der Waals surface area contributed by atoms with Crippen LogP contribution in [0.1, 0.15) is 44.5 Å². The Kier molecular flexibility index (Phi) is 9.16. The molecule has 5 atom stereocenters. The van der Waals surface area contributed by atoms with E-state index < -0.39 is 24.5 Å². The molecular formula is C32H43N8O4+. The van der Waals surface area contributed by atoms with Crippen molar-refractivity contribution >= 4 is 28.7 Å². The number of anilines is 2. The van der Waals surface area contributed by atoms with Gasteiger partial charge >= 0.3 is 6.03 Å². The Labute approximate surface area is 257 Å². The number of nitrogens with one attached hydrogen (secondary N) is 2. The molecule has 0 spiro atoms. The number of aliphatic hydroxyl groups excluding tert-OH is 2. The van der Waals surface area contributed by atoms with E-state index in [1.807, 2.05) is 42.5 Å². The quantitative estimate of drug-likeness (QED) is 0.136. The van der Waals surface area contributed by atoms with E-state index in [-0.39, 0.29) is 17.3 Å². The Balaban J connectivity index is 1.22. The number of nitrogens with zero attached hydrogens (tertiary/aromatic N) is 5. The van der Waals surface area contributed by atoms with E-state index in [0.29, 0.717) is 48.2 Å². The molecule has 12 heteroatoms. The summed E-state index contributed by atoms with van der Waals surface area (Å²) in [5.41, 5.74) is 9.88. The van der Waals surface area contributed by atoms with Crippen molar-refractivity contribution in [2.45, 2.75) is 63.7 Å². The lowest BCUT2D eigenvalue weighted by atomic mass is 9.87. The van der Waals surface area contributed by atoms with Crippen molar-refractivity contribution in [3.05, 3.63) is 78.4 Å². The normalized spacial score (nSPS) is 21.7. The van der Waals surface area contributed by atoms with Gasteiger partial charge in [-0.15, -0.1) is 0 Å². The van der Waals surface area contributed by atoms with E-state index in [1.54, 1.807) is 4.57 Å². The molecule has 2 aromatic carbocycles. The van der Waals surface area contributed by atoms with Crippen LogP contribution in [-0.2, 0) is 16.7 Å². The fourth-order valence-electron chi connectivity index (χ4n) is 5.75. The number of quaternary nitrogens is 1. The Morgan fingerprint density at radius 3 is 2.48 bits per heavy atom. The highest BCUT2D eigenvalue weighted by atomic mass is 16.6. The standard InChI is InChI=1S/C32H42N8O4/c1-32(2,3)22-11-13-23(14-12-22)38-31(43)34-15-8-16-40(4,17-21-9-6-5-7-10-21)18-24-26(41)27(42)30(44-24)39-20-37-25-28(33)35-19-36-29(25)39/h5-7,9-14,19-20,24,26-27,30,41-42H,8,15-18H2,1-4H3,(H3-,33,34,35,36,38,43)/p+1/t24-,26-,27-,30-,40?/m1/s1. The Hall–Kier alpha value is -4.10. The molecule has 0 saturated carbocycles. The molecule has 2 amide bonds. The van der Waals surface area contributed by atoms with Crippen molar-refractivity contribution in [2.75, 3.05) is 37.7 Å². The first kappa shape index (κ1) is 31.3. The molecule has 6 N–H and O–H groups in total. The van der Waals surface area contributed by atoms with Crippen molar-refractivity contribution in [1.29, 1.82) is 0 Å². The number of amides is 2. The molecule has 1 aliphatic heterocycles. The van der Waals surface area contributed by atoms with Gasteiger partial charge in [0.1, 0.15) is 43.2 Å². The molecule has 0 aliphatic carbocycles. The summed E-state index contributed by atoms with van der Waals surface area (Å²) in [7, 11) is 2.10. The molecule has 1 aliphatic rings. The first-order chi connectivity index (χ1) is 20.9. The summed E-state index contributed by atoms with van der Waals surface area (Å²) >= 11 is 0. The number of likely N-dealkylation sites (N-methyl/N-ethyl adjacent to an activating group) is 1. The Morgan fingerprint density at radius 2 is 1.77 bits per heavy atom. The van der Waals surface area contributed by atoms with Crippen LogP contribution in [0.15, 0.2) is 67.3 Å². The Bertz CT molecular complexity index is 1560. The fraction of sp³-hybridized carbons (Fsp3) is 0.438. The number of imidazole rings is 1. The molecule has 3 heterocycles. The molecule has 0 radical (unpaired) electrons. The predicted octanol–water partition coefficient (Wildman–Crippen LogP) is 3.18. The van der Waals surface area contributed by atoms with Crippen molar-refractivity contribution in [3.8, 4) is 0 Å². The maximum atomic E-state index is 12.6. The molecule has 1 fully saturated rings. The van der Waals surface area contributed by atoms with E-state index >= 15 is 0 Å². The van der Waals surface area contributed by atoms with Crippen molar-refractivity contribution in [3.63, 3.8) is 0 Å². The molecular weight excluding hydrogens is 560 g/mol. The number of ether oxygens (including phenoxy) is 1. The molecule has 44 heavy (non-hydrogen) atoms. The maximum absolute atomic E-state index is 12.6. The van der Waals surface area contributed by atoms with Gasteiger partial charge in [-0.3, -0.25) is 4.57 Å². The largest absolute Gasteiger partial charge is 0.387 e. The summed E-state index contributed by atoms with van der Waals surface area (Å²) < 4.78 is 8.38. The third-order valence-corrected chi connectivity index (χ3v) is 8.20. The van der Waals surface area contributed by atoms with E-state index in [1.165, 1.54) is 18.2 Å². The summed E-state index contributed by atoms with van der Waals surface area (Å²) in [4.78, 5) is 25.1. The van der Waals surface area contributed by atoms with Gasteiger partial charge in [0.15, 0.2) is 17.7 Å². The van der Waals surface area contributed by atoms with Crippen LogP contribution < -0.4 is 16.4 Å². The number of carbonyl (C=O) groups is 1. The second kappa shape index (κ2) is 12.9. The minimum atomic E-state index is -1.19. The smallest absolute Gasteiger partial charge is 0.319 e. The van der Waals surface area contributed by atoms with Gasteiger partial charge in [0.2, 0.25) is 0 Å². The minimum Gasteiger partial charge on any atom is -0.387 e. The monoisotopic (exact) mass is 603 g/mol. The van der Waals surface area contributed by atoms with Crippen LogP contribution >= 0.6 is 0 Å². The van der Waals surface area contributed by atoms with Crippen LogP contribution in [-0.4, -0.2) is 85.2 Å². The number of nitrogens with two attached hydrogens (primary N) is 1. The maximum Gasteiger partial charge on any atom is 0.319 e. The van der Waals surface area contributed by atoms with Gasteiger partial charge in [0.05, 0.1) is 19.9 Å². The average molecular weight is 604 g/mol. The van der Waals surface area contributed by atoms with Crippen LogP contribution in [0.3, 0.4) is 0 Å². The zero-order valence-corrected chi connectivity index (χ0v) is 25.7. The topological polar surface area (TPSA) is 160 Å². The lowest BCUT2D eigenvalue weighted by molar-refractivity contribution is -0.925. The molecule has 2 aromatic heterocycles. The third-order valence-electron chi connectivity index (χ3n) is 8.20. The predicted molar refractivity (Wildman–Crippen MR) is 169 cm³/mol. The van der Waals surface area contributed by atoms with Crippen molar-refractivity contribution < 1.29 is 24.2 Å². The molecule has 4 aromatic rings. The lowest BCUT2D eigenvalue weighted by Crippen LogP contribution is -2.52. The number of urea groups is 1. The summed E-state index contributed by atoms with van der Waals surface area (Å²) in [6.07, 6.45) is -0.353. The average Bonchev–Trinajstić information content (AvgIpc) is 3.53. The summed E-state index contributed by atoms with van der Waals surface area (Å²) in [6, 6.07) is 17.7. The van der Waals surface area contributed by atoms with E-state index in [9.17, 15) is 15.0 Å². The second-order valence-corrected chi connectivity index (χ2v) is 12.9. The van der Waals surface area contributed by atoms with Crippen LogP contribution in [0.5, 0.6) is 0 Å². The number of hydrogen-bond acceptors (Lipinski definition) is 8. The van der Waals surface area contributed by atoms with Crippen LogP contribution in [0, 0.1) is 0 Å². The van der Waals surface area contributed by atoms with E-state index in [0.717, 1.165) is 11.3 Å². The van der Waals surface area contributed by atoms with Gasteiger partial charge < -0.3 is 35.8 Å². The van der Waals surface area contributed by atoms with Gasteiger partial charge in [-0.05, 0) is 23.1 Å². The number of aromatic nitrogens is 4. The van der Waals surface area contributed by atoms with Gasteiger partial charge in [-0.2, -0.15) is 0 Å². The number of rotatable bonds is 10. The SMILES string of the molecule is CC(C)(C)c1ccc(NC(=O)NCCC[N+](C)(Cc2ccccc2)C[C@H]2O[C@@H](n3cnc4c(N)ncnc43)[C@H](O)[C@@H]2O)cc1. The number of fused-ring (bicyclic) bond motifs is 1. The van der Waals surface area contributed by atoms with E-state index in [4.69, 9.17) is 10.5 Å². The van der Waals surface area contributed by atoms with Crippen molar-refractivity contribution in [2.24, 2.45) is 0 Å². The third kappa shape index (κ3) is 7.16. The number of nitrogen functional groups attached to an aromatic ring is 1. The minimum absolute atomic E-state index is 0.0430. The molecule has 0 bridgehead atoms. The summed E-state index contributed by atoms with van der Waals surface area (Å²) in [5, 5.41) is 28.0. The van der Waals surface area contributed by atoms with Gasteiger partial charge in [-0.1, -0.05) is 63.2 Å². The van der Waals surface area contributed by atoms with Gasteiger partial charge in [-0.25, -0.2) is 19.7 Å². The van der Waals surface area contributed by atoms with Crippen molar-refractivity contribution in [1.82, 2.24) is 24.8 Å². The molecule has 1 unspecified atom stereocenters. The lowest BCUT2D eigenvalue weighted by Gasteiger charge is -2.37. The molecule has 5 rings (SSSR count). The first-order valence-corrected chi connectivity index (χ1v) is 14.9. The zero-order valence-electron chi connectivity index (χ0n) is 25.7. The second-order valence-electron chi connectivity index (χ2n) is 12.9. The molecule has 234 valence electrons. The fourth-order valence-corrected chi connectivity index (χ4v) is 5.75. The number of benzene rings is 2. The highest BCUT2D eigenvalue weighted by molar-refractivity contribution is 5.89. The zero-order chi connectivity index (χ0) is 31.5. The van der Waals surface area contributed by atoms with Crippen LogP contribution in [0.25, 0.3) is 11.2 Å². The van der Waals surface area contributed by atoms with Crippen LogP contribution in [0.4, 0.5) is 16.3 Å². The van der Waals surface area contributed by atoms with Gasteiger partial charge in [0.25, 0.3) is 0 Å². The number of hydrogen-bond donors (Lipinski definition) is 5. The summed E-state index contributed by atoms with van der Waals surface area (Å²) in [6.45, 7) is 8.73. The van der Waals surface area contributed by atoms with Crippen LogP contribution in [0.2, 0.25) is 0 Å². The summed E-state index contributed by atoms with van der Waals surface area (Å²) in [5.74, 6) is 0.228.